The lowest BCUT2D eigenvalue weighted by Gasteiger charge is -2.01. The lowest BCUT2D eigenvalue weighted by molar-refractivity contribution is 0.678. The second-order valence-corrected chi connectivity index (χ2v) is 3.76. The highest BCUT2D eigenvalue weighted by atomic mass is 35.5. The molecule has 0 saturated carbocycles. The first-order valence-corrected chi connectivity index (χ1v) is 4.93. The van der Waals surface area contributed by atoms with Crippen molar-refractivity contribution >= 4 is 17.4 Å². The van der Waals surface area contributed by atoms with E-state index >= 15 is 0 Å². The Labute approximate surface area is 92.7 Å². The normalized spacial score (nSPS) is 10.5. The highest BCUT2D eigenvalue weighted by Gasteiger charge is 2.02. The summed E-state index contributed by atoms with van der Waals surface area (Å²) in [5.74, 6) is 0.522. The summed E-state index contributed by atoms with van der Waals surface area (Å²) in [6, 6.07) is 3.69. The summed E-state index contributed by atoms with van der Waals surface area (Å²) in [7, 11) is 0. The first kappa shape index (κ1) is 9.98. The van der Waals surface area contributed by atoms with Crippen LogP contribution in [0, 0.1) is 6.92 Å². The van der Waals surface area contributed by atoms with Crippen molar-refractivity contribution in [1.29, 1.82) is 0 Å². The Morgan fingerprint density at radius 3 is 2.80 bits per heavy atom. The van der Waals surface area contributed by atoms with E-state index in [1.54, 1.807) is 23.1 Å². The summed E-state index contributed by atoms with van der Waals surface area (Å²) >= 11 is 5.90. The van der Waals surface area contributed by atoms with Gasteiger partial charge in [0, 0.05) is 12.4 Å². The van der Waals surface area contributed by atoms with Gasteiger partial charge in [-0.2, -0.15) is 5.10 Å². The lowest BCUT2D eigenvalue weighted by Crippen LogP contribution is -2.01. The van der Waals surface area contributed by atoms with Crippen LogP contribution in [0.15, 0.2) is 24.5 Å². The van der Waals surface area contributed by atoms with Crippen molar-refractivity contribution in [1.82, 2.24) is 14.8 Å². The molecule has 5 heteroatoms. The van der Waals surface area contributed by atoms with Gasteiger partial charge in [-0.25, -0.2) is 4.98 Å². The third kappa shape index (κ3) is 2.27. The fourth-order valence-corrected chi connectivity index (χ4v) is 1.44. The number of hydrogen-bond donors (Lipinski definition) is 1. The molecule has 0 saturated heterocycles. The Morgan fingerprint density at radius 2 is 2.27 bits per heavy atom. The summed E-state index contributed by atoms with van der Waals surface area (Å²) in [5.41, 5.74) is 7.37. The van der Waals surface area contributed by atoms with Crippen LogP contribution in [0.1, 0.15) is 11.3 Å². The van der Waals surface area contributed by atoms with Crippen LogP contribution >= 0.6 is 11.6 Å². The van der Waals surface area contributed by atoms with Crippen molar-refractivity contribution < 1.29 is 0 Å². The molecule has 2 aromatic heterocycles. The molecule has 0 unspecified atom stereocenters. The molecular formula is C10H11ClN4. The van der Waals surface area contributed by atoms with Gasteiger partial charge in [-0.1, -0.05) is 17.7 Å². The molecule has 0 fully saturated rings. The highest BCUT2D eigenvalue weighted by molar-refractivity contribution is 6.31. The first-order chi connectivity index (χ1) is 7.15. The van der Waals surface area contributed by atoms with Gasteiger partial charge in [0.2, 0.25) is 0 Å². The van der Waals surface area contributed by atoms with Crippen LogP contribution in [0.4, 0.5) is 5.82 Å². The minimum absolute atomic E-state index is 0.522. The molecule has 2 heterocycles. The second-order valence-electron chi connectivity index (χ2n) is 3.35. The van der Waals surface area contributed by atoms with Crippen molar-refractivity contribution in [3.8, 4) is 0 Å². The molecule has 0 aromatic carbocycles. The highest BCUT2D eigenvalue weighted by Crippen LogP contribution is 2.13. The largest absolute Gasteiger partial charge is 0.384 e. The summed E-state index contributed by atoms with van der Waals surface area (Å²) in [5, 5.41) is 4.93. The average molecular weight is 223 g/mol. The van der Waals surface area contributed by atoms with Gasteiger partial charge in [0.1, 0.15) is 5.82 Å². The van der Waals surface area contributed by atoms with E-state index < -0.39 is 0 Å². The Morgan fingerprint density at radius 1 is 1.47 bits per heavy atom. The number of halogens is 1. The van der Waals surface area contributed by atoms with E-state index in [1.165, 1.54) is 0 Å². The standard InChI is InChI=1S/C10H11ClN4/c1-7-9(11)6-15(14-7)5-8-2-3-10(12)13-4-8/h2-4,6H,5H2,1H3,(H2,12,13). The molecule has 0 bridgehead atoms. The van der Waals surface area contributed by atoms with Crippen molar-refractivity contribution in [2.45, 2.75) is 13.5 Å². The molecule has 78 valence electrons. The Bertz CT molecular complexity index is 441. The lowest BCUT2D eigenvalue weighted by atomic mass is 10.3. The van der Waals surface area contributed by atoms with Crippen LogP contribution in [0.3, 0.4) is 0 Å². The van der Waals surface area contributed by atoms with Crippen LogP contribution in [0.5, 0.6) is 0 Å². The number of rotatable bonds is 2. The molecule has 0 radical (unpaired) electrons. The molecule has 15 heavy (non-hydrogen) atoms. The Balaban J connectivity index is 2.18. The second kappa shape index (κ2) is 3.90. The summed E-state index contributed by atoms with van der Waals surface area (Å²) in [6.45, 7) is 2.53. The number of anilines is 1. The van der Waals surface area contributed by atoms with E-state index in [9.17, 15) is 0 Å². The topological polar surface area (TPSA) is 56.7 Å². The van der Waals surface area contributed by atoms with Crippen molar-refractivity contribution in [2.75, 3.05) is 5.73 Å². The van der Waals surface area contributed by atoms with Crippen molar-refractivity contribution in [3.05, 3.63) is 40.8 Å². The molecule has 0 amide bonds. The minimum Gasteiger partial charge on any atom is -0.384 e. The van der Waals surface area contributed by atoms with E-state index in [4.69, 9.17) is 17.3 Å². The Hall–Kier alpha value is -1.55. The van der Waals surface area contributed by atoms with Crippen molar-refractivity contribution in [2.24, 2.45) is 0 Å². The molecule has 4 nitrogen and oxygen atoms in total. The van der Waals surface area contributed by atoms with Crippen LogP contribution in [0.2, 0.25) is 5.02 Å². The van der Waals surface area contributed by atoms with Crippen LogP contribution in [0.25, 0.3) is 0 Å². The number of nitrogens with two attached hydrogens (primary N) is 1. The van der Waals surface area contributed by atoms with Gasteiger partial charge < -0.3 is 5.73 Å². The maximum absolute atomic E-state index is 5.90. The summed E-state index contributed by atoms with van der Waals surface area (Å²) < 4.78 is 1.78. The van der Waals surface area contributed by atoms with Gasteiger partial charge >= 0.3 is 0 Å². The Kier molecular flexibility index (Phi) is 2.60. The zero-order valence-electron chi connectivity index (χ0n) is 8.31. The molecule has 0 aliphatic rings. The molecule has 2 N–H and O–H groups in total. The van der Waals surface area contributed by atoms with E-state index in [0.717, 1.165) is 11.3 Å². The third-order valence-corrected chi connectivity index (χ3v) is 2.45. The van der Waals surface area contributed by atoms with Gasteiger partial charge in [-0.15, -0.1) is 0 Å². The fraction of sp³-hybridized carbons (Fsp3) is 0.200. The number of nitrogen functional groups attached to an aromatic ring is 1. The van der Waals surface area contributed by atoms with Crippen LogP contribution < -0.4 is 5.73 Å². The van der Waals surface area contributed by atoms with Crippen LogP contribution in [-0.2, 0) is 6.54 Å². The molecule has 0 atom stereocenters. The van der Waals surface area contributed by atoms with Crippen LogP contribution in [-0.4, -0.2) is 14.8 Å². The molecule has 2 rings (SSSR count). The SMILES string of the molecule is Cc1nn(Cc2ccc(N)nc2)cc1Cl. The number of aryl methyl sites for hydroxylation is 1. The van der Waals surface area contributed by atoms with Gasteiger partial charge in [0.25, 0.3) is 0 Å². The molecular weight excluding hydrogens is 212 g/mol. The maximum Gasteiger partial charge on any atom is 0.123 e. The monoisotopic (exact) mass is 222 g/mol. The smallest absolute Gasteiger partial charge is 0.123 e. The minimum atomic E-state index is 0.522. The van der Waals surface area contributed by atoms with E-state index in [-0.39, 0.29) is 0 Å². The predicted molar refractivity (Wildman–Crippen MR) is 59.7 cm³/mol. The van der Waals surface area contributed by atoms with E-state index in [2.05, 4.69) is 10.1 Å². The maximum atomic E-state index is 5.90. The average Bonchev–Trinajstić information content (AvgIpc) is 2.50. The quantitative estimate of drug-likeness (QED) is 0.844. The van der Waals surface area contributed by atoms with Gasteiger partial charge in [0.15, 0.2) is 0 Å². The third-order valence-electron chi connectivity index (χ3n) is 2.08. The molecule has 2 aromatic rings. The van der Waals surface area contributed by atoms with E-state index in [0.29, 0.717) is 17.4 Å². The number of pyridine rings is 1. The summed E-state index contributed by atoms with van der Waals surface area (Å²) in [6.07, 6.45) is 3.54. The fourth-order valence-electron chi connectivity index (χ4n) is 1.29. The van der Waals surface area contributed by atoms with E-state index in [1.807, 2.05) is 13.0 Å². The van der Waals surface area contributed by atoms with Crippen molar-refractivity contribution in [3.63, 3.8) is 0 Å². The predicted octanol–water partition coefficient (Wildman–Crippen LogP) is 1.87. The van der Waals surface area contributed by atoms with Gasteiger partial charge in [-0.05, 0) is 18.6 Å². The first-order valence-electron chi connectivity index (χ1n) is 4.55. The number of nitrogens with zero attached hydrogens (tertiary/aromatic N) is 3. The number of hydrogen-bond acceptors (Lipinski definition) is 3. The molecule has 0 aliphatic carbocycles. The number of aromatic nitrogens is 3. The zero-order chi connectivity index (χ0) is 10.8. The van der Waals surface area contributed by atoms with Gasteiger partial charge in [-0.3, -0.25) is 4.68 Å². The molecule has 0 spiro atoms. The molecule has 0 aliphatic heterocycles. The van der Waals surface area contributed by atoms with Gasteiger partial charge in [0.05, 0.1) is 17.3 Å². The summed E-state index contributed by atoms with van der Waals surface area (Å²) in [4.78, 5) is 4.01. The zero-order valence-corrected chi connectivity index (χ0v) is 9.07.